The van der Waals surface area contributed by atoms with Gasteiger partial charge in [0.25, 0.3) is 0 Å². The molecule has 1 aliphatic rings. The van der Waals surface area contributed by atoms with E-state index in [1.165, 1.54) is 0 Å². The van der Waals surface area contributed by atoms with Crippen molar-refractivity contribution in [3.63, 3.8) is 0 Å². The fourth-order valence-corrected chi connectivity index (χ4v) is 2.84. The van der Waals surface area contributed by atoms with Gasteiger partial charge in [-0.15, -0.1) is 0 Å². The second-order valence-corrected chi connectivity index (χ2v) is 5.58. The van der Waals surface area contributed by atoms with E-state index in [0.29, 0.717) is 22.2 Å². The van der Waals surface area contributed by atoms with Crippen LogP contribution in [0.15, 0.2) is 42.5 Å². The van der Waals surface area contributed by atoms with Crippen molar-refractivity contribution in [1.82, 2.24) is 0 Å². The normalized spacial score (nSPS) is 16.4. The maximum absolute atomic E-state index is 12.2. The summed E-state index contributed by atoms with van der Waals surface area (Å²) >= 11 is 11.8. The highest BCUT2D eigenvalue weighted by atomic mass is 35.5. The first-order chi connectivity index (χ1) is 9.61. The Kier molecular flexibility index (Phi) is 3.55. The summed E-state index contributed by atoms with van der Waals surface area (Å²) in [5, 5.41) is 7.03. The van der Waals surface area contributed by atoms with E-state index in [0.717, 1.165) is 11.3 Å². The van der Waals surface area contributed by atoms with E-state index in [1.54, 1.807) is 18.2 Å². The minimum absolute atomic E-state index is 0.0977. The number of hydrogen-bond acceptors (Lipinski definition) is 2. The summed E-state index contributed by atoms with van der Waals surface area (Å²) in [6.07, 6.45) is 0.677. The SMILES string of the molecule is O=C(Nc1cc(Cl)cc(Cl)c1)[C@@H]1Cc2ccccc2N1. The summed E-state index contributed by atoms with van der Waals surface area (Å²) in [7, 11) is 0. The van der Waals surface area contributed by atoms with Crippen LogP contribution in [-0.4, -0.2) is 11.9 Å². The third kappa shape index (κ3) is 2.74. The zero-order valence-corrected chi connectivity index (χ0v) is 12.0. The molecule has 102 valence electrons. The number of para-hydroxylation sites is 1. The second kappa shape index (κ2) is 5.35. The van der Waals surface area contributed by atoms with E-state index in [-0.39, 0.29) is 11.9 Å². The summed E-state index contributed by atoms with van der Waals surface area (Å²) in [5.74, 6) is -0.0977. The summed E-state index contributed by atoms with van der Waals surface area (Å²) in [5.41, 5.74) is 2.76. The van der Waals surface area contributed by atoms with Crippen molar-refractivity contribution in [2.24, 2.45) is 0 Å². The number of halogens is 2. The molecule has 0 saturated carbocycles. The molecule has 5 heteroatoms. The Morgan fingerprint density at radius 1 is 1.15 bits per heavy atom. The number of rotatable bonds is 2. The highest BCUT2D eigenvalue weighted by Crippen LogP contribution is 2.27. The van der Waals surface area contributed by atoms with Gasteiger partial charge in [0.15, 0.2) is 0 Å². The zero-order valence-electron chi connectivity index (χ0n) is 10.5. The molecule has 1 amide bonds. The second-order valence-electron chi connectivity index (χ2n) is 4.71. The molecule has 1 aliphatic heterocycles. The van der Waals surface area contributed by atoms with E-state index in [4.69, 9.17) is 23.2 Å². The van der Waals surface area contributed by atoms with Crippen LogP contribution in [-0.2, 0) is 11.2 Å². The van der Waals surface area contributed by atoms with Crippen molar-refractivity contribution >= 4 is 40.5 Å². The number of nitrogens with one attached hydrogen (secondary N) is 2. The van der Waals surface area contributed by atoms with Crippen LogP contribution in [0.4, 0.5) is 11.4 Å². The number of hydrogen-bond donors (Lipinski definition) is 2. The molecule has 0 radical (unpaired) electrons. The largest absolute Gasteiger partial charge is 0.373 e. The van der Waals surface area contributed by atoms with Crippen molar-refractivity contribution in [3.05, 3.63) is 58.1 Å². The van der Waals surface area contributed by atoms with Crippen molar-refractivity contribution in [2.75, 3.05) is 10.6 Å². The number of carbonyl (C=O) groups is 1. The summed E-state index contributed by atoms with van der Waals surface area (Å²) in [6, 6.07) is 12.6. The lowest BCUT2D eigenvalue weighted by molar-refractivity contribution is -0.116. The molecule has 0 aliphatic carbocycles. The van der Waals surface area contributed by atoms with Crippen LogP contribution in [0.2, 0.25) is 10.0 Å². The maximum Gasteiger partial charge on any atom is 0.247 e. The molecule has 2 aromatic rings. The molecule has 2 aromatic carbocycles. The third-order valence-corrected chi connectivity index (χ3v) is 3.65. The molecular weight excluding hydrogens is 295 g/mol. The molecule has 2 N–H and O–H groups in total. The highest BCUT2D eigenvalue weighted by Gasteiger charge is 2.26. The lowest BCUT2D eigenvalue weighted by Gasteiger charge is -2.12. The van der Waals surface area contributed by atoms with Crippen LogP contribution in [0.3, 0.4) is 0 Å². The molecule has 0 fully saturated rings. The number of amides is 1. The van der Waals surface area contributed by atoms with Crippen molar-refractivity contribution < 1.29 is 4.79 Å². The monoisotopic (exact) mass is 306 g/mol. The standard InChI is InChI=1S/C15H12Cl2N2O/c16-10-6-11(17)8-12(7-10)18-15(20)14-5-9-3-1-2-4-13(9)19-14/h1-4,6-8,14,19H,5H2,(H,18,20)/t14-/m0/s1. The Labute approximate surface area is 126 Å². The summed E-state index contributed by atoms with van der Waals surface area (Å²) < 4.78 is 0. The molecule has 3 rings (SSSR count). The predicted molar refractivity (Wildman–Crippen MR) is 82.6 cm³/mol. The Morgan fingerprint density at radius 3 is 2.55 bits per heavy atom. The lowest BCUT2D eigenvalue weighted by Crippen LogP contribution is -2.32. The average Bonchev–Trinajstić information content (AvgIpc) is 2.81. The average molecular weight is 307 g/mol. The van der Waals surface area contributed by atoms with Crippen molar-refractivity contribution in [2.45, 2.75) is 12.5 Å². The molecule has 0 unspecified atom stereocenters. The van der Waals surface area contributed by atoms with E-state index >= 15 is 0 Å². The van der Waals surface area contributed by atoms with Crippen LogP contribution in [0, 0.1) is 0 Å². The third-order valence-electron chi connectivity index (χ3n) is 3.22. The van der Waals surface area contributed by atoms with Gasteiger partial charge in [-0.1, -0.05) is 41.4 Å². The molecule has 0 bridgehead atoms. The van der Waals surface area contributed by atoms with Gasteiger partial charge in [0, 0.05) is 27.8 Å². The molecule has 20 heavy (non-hydrogen) atoms. The number of anilines is 2. The van der Waals surface area contributed by atoms with Gasteiger partial charge in [-0.25, -0.2) is 0 Å². The van der Waals surface area contributed by atoms with E-state index in [9.17, 15) is 4.79 Å². The minimum atomic E-state index is -0.273. The number of fused-ring (bicyclic) bond motifs is 1. The van der Waals surface area contributed by atoms with Crippen LogP contribution in [0.25, 0.3) is 0 Å². The maximum atomic E-state index is 12.2. The molecule has 0 saturated heterocycles. The van der Waals surface area contributed by atoms with Crippen molar-refractivity contribution in [3.8, 4) is 0 Å². The zero-order chi connectivity index (χ0) is 14.1. The van der Waals surface area contributed by atoms with Gasteiger partial charge >= 0.3 is 0 Å². The first-order valence-corrected chi connectivity index (χ1v) is 6.99. The Hall–Kier alpha value is -1.71. The lowest BCUT2D eigenvalue weighted by atomic mass is 10.1. The van der Waals surface area contributed by atoms with Gasteiger partial charge < -0.3 is 10.6 Å². The quantitative estimate of drug-likeness (QED) is 0.881. The molecule has 1 heterocycles. The predicted octanol–water partition coefficient (Wildman–Crippen LogP) is 3.97. The van der Waals surface area contributed by atoms with Gasteiger partial charge in [-0.3, -0.25) is 4.79 Å². The van der Waals surface area contributed by atoms with Crippen LogP contribution in [0.1, 0.15) is 5.56 Å². The van der Waals surface area contributed by atoms with Crippen LogP contribution in [0.5, 0.6) is 0 Å². The van der Waals surface area contributed by atoms with Crippen molar-refractivity contribution in [1.29, 1.82) is 0 Å². The first-order valence-electron chi connectivity index (χ1n) is 6.23. The summed E-state index contributed by atoms with van der Waals surface area (Å²) in [6.45, 7) is 0. The number of carbonyl (C=O) groups excluding carboxylic acids is 1. The minimum Gasteiger partial charge on any atom is -0.373 e. The van der Waals surface area contributed by atoms with Gasteiger partial charge in [-0.05, 0) is 29.8 Å². The van der Waals surface area contributed by atoms with E-state index in [1.807, 2.05) is 24.3 Å². The van der Waals surface area contributed by atoms with Gasteiger partial charge in [-0.2, -0.15) is 0 Å². The van der Waals surface area contributed by atoms with E-state index in [2.05, 4.69) is 10.6 Å². The fourth-order valence-electron chi connectivity index (χ4n) is 2.31. The molecule has 0 spiro atoms. The Balaban J connectivity index is 1.72. The van der Waals surface area contributed by atoms with Crippen LogP contribution < -0.4 is 10.6 Å². The number of benzene rings is 2. The molecular formula is C15H12Cl2N2O. The topological polar surface area (TPSA) is 41.1 Å². The van der Waals surface area contributed by atoms with Crippen LogP contribution >= 0.6 is 23.2 Å². The first kappa shape index (κ1) is 13.3. The summed E-state index contributed by atoms with van der Waals surface area (Å²) in [4.78, 5) is 12.2. The Morgan fingerprint density at radius 2 is 1.85 bits per heavy atom. The molecule has 3 nitrogen and oxygen atoms in total. The van der Waals surface area contributed by atoms with Gasteiger partial charge in [0.05, 0.1) is 0 Å². The van der Waals surface area contributed by atoms with Gasteiger partial charge in [0.1, 0.15) is 6.04 Å². The Bertz CT molecular complexity index is 627. The van der Waals surface area contributed by atoms with Gasteiger partial charge in [0.2, 0.25) is 5.91 Å². The highest BCUT2D eigenvalue weighted by molar-refractivity contribution is 6.35. The smallest absolute Gasteiger partial charge is 0.247 e. The molecule has 0 aromatic heterocycles. The molecule has 1 atom stereocenters. The fraction of sp³-hybridized carbons (Fsp3) is 0.133. The van der Waals surface area contributed by atoms with E-state index < -0.39 is 0 Å².